The van der Waals surface area contributed by atoms with Crippen molar-refractivity contribution in [2.45, 2.75) is 13.3 Å². The summed E-state index contributed by atoms with van der Waals surface area (Å²) in [6.45, 7) is 6.08. The molecule has 0 saturated carbocycles. The molecule has 37 heavy (non-hydrogen) atoms. The zero-order chi connectivity index (χ0) is 25.9. The summed E-state index contributed by atoms with van der Waals surface area (Å²) in [7, 11) is 1.79. The molecule has 0 aliphatic carbocycles. The Hall–Kier alpha value is -4.92. The van der Waals surface area contributed by atoms with Gasteiger partial charge in [-0.1, -0.05) is 25.6 Å². The lowest BCUT2D eigenvalue weighted by atomic mass is 10.0. The van der Waals surface area contributed by atoms with Gasteiger partial charge in [0.1, 0.15) is 17.5 Å². The van der Waals surface area contributed by atoms with Crippen molar-refractivity contribution < 1.29 is 9.18 Å². The zero-order valence-corrected chi connectivity index (χ0v) is 20.3. The van der Waals surface area contributed by atoms with Gasteiger partial charge in [-0.25, -0.2) is 19.3 Å². The number of nitrogens with zero attached hydrogens (tertiary/aromatic N) is 4. The van der Waals surface area contributed by atoms with Crippen molar-refractivity contribution in [3.63, 3.8) is 0 Å². The number of nitrogens with one attached hydrogen (secondary N) is 3. The van der Waals surface area contributed by atoms with Crippen molar-refractivity contribution in [1.29, 1.82) is 0 Å². The minimum Gasteiger partial charge on any atom is -0.373 e. The van der Waals surface area contributed by atoms with Crippen LogP contribution in [0.4, 0.5) is 15.9 Å². The first kappa shape index (κ1) is 23.8. The van der Waals surface area contributed by atoms with E-state index in [2.05, 4.69) is 42.1 Å². The molecule has 4 aromatic heterocycles. The second-order valence-corrected chi connectivity index (χ2v) is 8.36. The van der Waals surface area contributed by atoms with Crippen molar-refractivity contribution in [1.82, 2.24) is 24.9 Å². The molecule has 0 atom stereocenters. The number of aromatic nitrogens is 5. The van der Waals surface area contributed by atoms with Gasteiger partial charge in [0.25, 0.3) is 0 Å². The average Bonchev–Trinajstić information content (AvgIpc) is 3.37. The van der Waals surface area contributed by atoms with Crippen molar-refractivity contribution in [2.24, 2.45) is 0 Å². The number of hydrogen-bond donors (Lipinski definition) is 3. The minimum absolute atomic E-state index is 0.0878. The summed E-state index contributed by atoms with van der Waals surface area (Å²) in [5, 5.41) is 5.94. The molecule has 184 valence electrons. The summed E-state index contributed by atoms with van der Waals surface area (Å²) in [6, 6.07) is 11.9. The first-order chi connectivity index (χ1) is 18.0. The number of hydrogen-bond acceptors (Lipinski definition) is 6. The highest BCUT2D eigenvalue weighted by molar-refractivity contribution is 5.93. The lowest BCUT2D eigenvalue weighted by Gasteiger charge is -2.12. The lowest BCUT2D eigenvalue weighted by molar-refractivity contribution is -0.115. The van der Waals surface area contributed by atoms with E-state index in [0.29, 0.717) is 35.0 Å². The summed E-state index contributed by atoms with van der Waals surface area (Å²) < 4.78 is 13.5. The van der Waals surface area contributed by atoms with Crippen molar-refractivity contribution in [2.75, 3.05) is 17.7 Å². The van der Waals surface area contributed by atoms with E-state index in [-0.39, 0.29) is 11.7 Å². The van der Waals surface area contributed by atoms with Crippen LogP contribution in [0.3, 0.4) is 0 Å². The number of benzene rings is 1. The fraction of sp³-hybridized carbons (Fsp3) is 0.107. The Morgan fingerprint density at radius 2 is 1.81 bits per heavy atom. The number of fused-ring (bicyclic) bond motifs is 1. The number of H-pyrrole nitrogens is 1. The minimum atomic E-state index is -0.298. The van der Waals surface area contributed by atoms with E-state index in [9.17, 15) is 9.18 Å². The fourth-order valence-corrected chi connectivity index (χ4v) is 4.02. The number of anilines is 2. The summed E-state index contributed by atoms with van der Waals surface area (Å²) in [5.41, 5.74) is 6.51. The Morgan fingerprint density at radius 3 is 2.57 bits per heavy atom. The van der Waals surface area contributed by atoms with Crippen molar-refractivity contribution in [3.8, 4) is 22.3 Å². The van der Waals surface area contributed by atoms with Gasteiger partial charge in [-0.3, -0.25) is 9.78 Å². The van der Waals surface area contributed by atoms with E-state index >= 15 is 0 Å². The van der Waals surface area contributed by atoms with Crippen LogP contribution in [0.1, 0.15) is 24.7 Å². The molecule has 3 N–H and O–H groups in total. The maximum absolute atomic E-state index is 13.5. The van der Waals surface area contributed by atoms with Gasteiger partial charge in [-0.05, 0) is 35.9 Å². The van der Waals surface area contributed by atoms with Crippen LogP contribution in [-0.4, -0.2) is 37.9 Å². The van der Waals surface area contributed by atoms with Crippen LogP contribution in [0, 0.1) is 5.82 Å². The lowest BCUT2D eigenvalue weighted by Crippen LogP contribution is -2.09. The SMILES string of the molecule is C=C(c1nc2nccc(-c3ccc(F)cc3)c2[nH]1)c1cc(-c2cncc(NC(=O)CC)c2)cnc1NC. The third-order valence-corrected chi connectivity index (χ3v) is 5.96. The highest BCUT2D eigenvalue weighted by Gasteiger charge is 2.17. The smallest absolute Gasteiger partial charge is 0.224 e. The molecular weight excluding hydrogens is 469 g/mol. The van der Waals surface area contributed by atoms with E-state index in [0.717, 1.165) is 33.3 Å². The molecule has 9 heteroatoms. The molecule has 0 fully saturated rings. The Morgan fingerprint density at radius 1 is 1.03 bits per heavy atom. The van der Waals surface area contributed by atoms with Crippen LogP contribution < -0.4 is 10.6 Å². The molecule has 0 unspecified atom stereocenters. The maximum Gasteiger partial charge on any atom is 0.224 e. The normalized spacial score (nSPS) is 10.9. The van der Waals surface area contributed by atoms with Crippen LogP contribution in [-0.2, 0) is 4.79 Å². The van der Waals surface area contributed by atoms with Gasteiger partial charge >= 0.3 is 0 Å². The quantitative estimate of drug-likeness (QED) is 0.269. The summed E-state index contributed by atoms with van der Waals surface area (Å²) >= 11 is 0. The Labute approximate surface area is 212 Å². The predicted octanol–water partition coefficient (Wildman–Crippen LogP) is 5.67. The maximum atomic E-state index is 13.5. The largest absolute Gasteiger partial charge is 0.373 e. The molecule has 5 aromatic rings. The third kappa shape index (κ3) is 4.79. The molecule has 0 aliphatic rings. The topological polar surface area (TPSA) is 108 Å². The van der Waals surface area contributed by atoms with Gasteiger partial charge in [0.15, 0.2) is 5.65 Å². The van der Waals surface area contributed by atoms with Gasteiger partial charge in [-0.2, -0.15) is 0 Å². The molecule has 0 spiro atoms. The number of carbonyl (C=O) groups excluding carboxylic acids is 1. The molecule has 0 radical (unpaired) electrons. The molecule has 5 rings (SSSR count). The predicted molar refractivity (Wildman–Crippen MR) is 143 cm³/mol. The number of halogens is 1. The fourth-order valence-electron chi connectivity index (χ4n) is 4.02. The highest BCUT2D eigenvalue weighted by Crippen LogP contribution is 2.33. The number of rotatable bonds is 7. The van der Waals surface area contributed by atoms with Crippen LogP contribution >= 0.6 is 0 Å². The van der Waals surface area contributed by atoms with Crippen LogP contribution in [0.25, 0.3) is 39.0 Å². The molecule has 1 aromatic carbocycles. The van der Waals surface area contributed by atoms with Gasteiger partial charge in [-0.15, -0.1) is 0 Å². The van der Waals surface area contributed by atoms with Gasteiger partial charge in [0.05, 0.1) is 17.4 Å². The monoisotopic (exact) mass is 493 g/mol. The molecular formula is C28H24FN7O. The Bertz CT molecular complexity index is 1630. The van der Waals surface area contributed by atoms with Crippen molar-refractivity contribution >= 4 is 34.1 Å². The first-order valence-corrected chi connectivity index (χ1v) is 11.7. The average molecular weight is 494 g/mol. The Kier molecular flexibility index (Phi) is 6.42. The second-order valence-electron chi connectivity index (χ2n) is 8.36. The molecule has 0 saturated heterocycles. The number of carbonyl (C=O) groups is 1. The van der Waals surface area contributed by atoms with Crippen LogP contribution in [0.5, 0.6) is 0 Å². The van der Waals surface area contributed by atoms with E-state index < -0.39 is 0 Å². The van der Waals surface area contributed by atoms with E-state index in [1.165, 1.54) is 12.1 Å². The molecule has 0 bridgehead atoms. The van der Waals surface area contributed by atoms with E-state index in [4.69, 9.17) is 0 Å². The summed E-state index contributed by atoms with van der Waals surface area (Å²) in [4.78, 5) is 33.1. The Balaban J connectivity index is 1.54. The molecule has 8 nitrogen and oxygen atoms in total. The van der Waals surface area contributed by atoms with Crippen LogP contribution in [0.2, 0.25) is 0 Å². The van der Waals surface area contributed by atoms with E-state index in [1.807, 2.05) is 18.2 Å². The summed E-state index contributed by atoms with van der Waals surface area (Å²) in [6.07, 6.45) is 7.10. The second kappa shape index (κ2) is 9.98. The van der Waals surface area contributed by atoms with Gasteiger partial charge in [0.2, 0.25) is 5.91 Å². The van der Waals surface area contributed by atoms with E-state index in [1.54, 1.807) is 50.9 Å². The van der Waals surface area contributed by atoms with Crippen LogP contribution in [0.15, 0.2) is 73.8 Å². The number of pyridine rings is 3. The summed E-state index contributed by atoms with van der Waals surface area (Å²) in [5.74, 6) is 0.780. The molecule has 4 heterocycles. The molecule has 1 amide bonds. The van der Waals surface area contributed by atoms with Crippen molar-refractivity contribution in [3.05, 3.63) is 91.0 Å². The van der Waals surface area contributed by atoms with Gasteiger partial charge < -0.3 is 15.6 Å². The zero-order valence-electron chi connectivity index (χ0n) is 20.3. The first-order valence-electron chi connectivity index (χ1n) is 11.7. The standard InChI is InChI=1S/C28H24FN7O/c1-4-24(37)34-21-11-18(13-31-15-21)19-12-23(27(30-3)33-14-19)16(2)26-35-25-22(9-10-32-28(25)36-26)17-5-7-20(29)8-6-17/h5-15H,2,4H2,1,3H3,(H,30,33)(H,34,37)(H,32,35,36). The molecule has 0 aliphatic heterocycles. The number of amides is 1. The van der Waals surface area contributed by atoms with Gasteiger partial charge in [0, 0.05) is 59.9 Å². The third-order valence-electron chi connectivity index (χ3n) is 5.96. The number of aromatic amines is 1. The number of imidazole rings is 1. The highest BCUT2D eigenvalue weighted by atomic mass is 19.1.